The van der Waals surface area contributed by atoms with Gasteiger partial charge in [-0.3, -0.25) is 9.59 Å². The fourth-order valence-corrected chi connectivity index (χ4v) is 2.98. The van der Waals surface area contributed by atoms with E-state index in [9.17, 15) is 14.4 Å². The van der Waals surface area contributed by atoms with E-state index < -0.39 is 11.9 Å². The molecular weight excluding hydrogens is 334 g/mol. The van der Waals surface area contributed by atoms with E-state index in [4.69, 9.17) is 5.11 Å². The van der Waals surface area contributed by atoms with E-state index in [1.54, 1.807) is 0 Å². The number of nitrogens with zero attached hydrogens (tertiary/aromatic N) is 1. The molecular formula is C19H19N3O4. The number of carbonyl (C=O) groups is 3. The number of hydrogen-bond donors (Lipinski definition) is 3. The van der Waals surface area contributed by atoms with Crippen molar-refractivity contribution in [2.75, 3.05) is 11.9 Å². The molecule has 134 valence electrons. The maximum absolute atomic E-state index is 12.2. The van der Waals surface area contributed by atoms with Crippen LogP contribution in [0.5, 0.6) is 0 Å². The summed E-state index contributed by atoms with van der Waals surface area (Å²) in [7, 11) is 0. The van der Waals surface area contributed by atoms with Gasteiger partial charge in [0.05, 0.1) is 5.92 Å². The number of benzene rings is 1. The van der Waals surface area contributed by atoms with Crippen LogP contribution in [0.4, 0.5) is 5.69 Å². The zero-order valence-electron chi connectivity index (χ0n) is 14.3. The smallest absolute Gasteiger partial charge is 0.354 e. The Bertz CT molecular complexity index is 879. The van der Waals surface area contributed by atoms with E-state index in [2.05, 4.69) is 22.5 Å². The molecule has 1 atom stereocenters. The summed E-state index contributed by atoms with van der Waals surface area (Å²) in [5.74, 6) is -2.04. The number of carboxylic acid groups (broad SMARTS) is 1. The lowest BCUT2D eigenvalue weighted by molar-refractivity contribution is -0.117. The van der Waals surface area contributed by atoms with Crippen molar-refractivity contribution >= 4 is 23.5 Å². The molecule has 0 radical (unpaired) electrons. The first-order valence-corrected chi connectivity index (χ1v) is 8.42. The molecule has 0 fully saturated rings. The number of anilines is 1. The highest BCUT2D eigenvalue weighted by Crippen LogP contribution is 2.35. The van der Waals surface area contributed by atoms with Crippen LogP contribution >= 0.6 is 0 Å². The number of amides is 2. The van der Waals surface area contributed by atoms with Crippen molar-refractivity contribution in [3.63, 3.8) is 0 Å². The predicted molar refractivity (Wildman–Crippen MR) is 95.3 cm³/mol. The van der Waals surface area contributed by atoms with Gasteiger partial charge in [0.15, 0.2) is 0 Å². The molecule has 2 heterocycles. The third kappa shape index (κ3) is 3.56. The monoisotopic (exact) mass is 353 g/mol. The first-order valence-electron chi connectivity index (χ1n) is 8.42. The molecule has 7 nitrogen and oxygen atoms in total. The third-order valence-corrected chi connectivity index (χ3v) is 4.39. The van der Waals surface area contributed by atoms with Crippen LogP contribution in [0.1, 0.15) is 51.4 Å². The molecule has 2 amide bonds. The van der Waals surface area contributed by atoms with Crippen LogP contribution < -0.4 is 10.6 Å². The van der Waals surface area contributed by atoms with E-state index in [0.717, 1.165) is 23.2 Å². The maximum Gasteiger partial charge on any atom is 0.354 e. The molecule has 1 unspecified atom stereocenters. The van der Waals surface area contributed by atoms with Gasteiger partial charge < -0.3 is 15.7 Å². The number of aryl methyl sites for hydroxylation is 1. The molecule has 7 heteroatoms. The van der Waals surface area contributed by atoms with Crippen molar-refractivity contribution in [1.82, 2.24) is 10.3 Å². The summed E-state index contributed by atoms with van der Waals surface area (Å²) in [6.07, 6.45) is 1.34. The summed E-state index contributed by atoms with van der Waals surface area (Å²) in [5, 5.41) is 14.5. The summed E-state index contributed by atoms with van der Waals surface area (Å²) >= 11 is 0. The molecule has 1 aliphatic heterocycles. The average Bonchev–Trinajstić information content (AvgIpc) is 2.96. The topological polar surface area (TPSA) is 108 Å². The Morgan fingerprint density at radius 2 is 2.00 bits per heavy atom. The van der Waals surface area contributed by atoms with Gasteiger partial charge in [-0.25, -0.2) is 9.78 Å². The molecule has 1 aromatic heterocycles. The molecule has 0 saturated heterocycles. The van der Waals surface area contributed by atoms with Crippen LogP contribution in [0.3, 0.4) is 0 Å². The Morgan fingerprint density at radius 1 is 1.23 bits per heavy atom. The van der Waals surface area contributed by atoms with Gasteiger partial charge in [-0.05, 0) is 42.2 Å². The molecule has 26 heavy (non-hydrogen) atoms. The summed E-state index contributed by atoms with van der Waals surface area (Å²) in [6.45, 7) is 2.34. The van der Waals surface area contributed by atoms with Crippen molar-refractivity contribution in [3.05, 3.63) is 58.9 Å². The minimum Gasteiger partial charge on any atom is -0.477 e. The summed E-state index contributed by atoms with van der Waals surface area (Å²) in [4.78, 5) is 39.1. The van der Waals surface area contributed by atoms with Crippen molar-refractivity contribution < 1.29 is 19.5 Å². The van der Waals surface area contributed by atoms with E-state index >= 15 is 0 Å². The fraction of sp³-hybridized carbons (Fsp3) is 0.263. The first-order chi connectivity index (χ1) is 12.5. The van der Waals surface area contributed by atoms with Crippen molar-refractivity contribution in [1.29, 1.82) is 0 Å². The Hall–Kier alpha value is -3.22. The highest BCUT2D eigenvalue weighted by atomic mass is 16.4. The van der Waals surface area contributed by atoms with Crippen LogP contribution in [0.2, 0.25) is 0 Å². The largest absolute Gasteiger partial charge is 0.477 e. The lowest BCUT2D eigenvalue weighted by Crippen LogP contribution is -2.28. The predicted octanol–water partition coefficient (Wildman–Crippen LogP) is 2.20. The Kier molecular flexibility index (Phi) is 4.97. The number of aromatic nitrogens is 1. The fourth-order valence-electron chi connectivity index (χ4n) is 2.98. The SMILES string of the molecule is CCc1ccc2c(c1)C(CCNC(=O)c1cccc(C(=O)O)n1)C(=O)N2. The van der Waals surface area contributed by atoms with Gasteiger partial charge in [0.1, 0.15) is 11.4 Å². The summed E-state index contributed by atoms with van der Waals surface area (Å²) in [6, 6.07) is 10.2. The third-order valence-electron chi connectivity index (χ3n) is 4.39. The van der Waals surface area contributed by atoms with Crippen LogP contribution in [-0.4, -0.2) is 34.4 Å². The highest BCUT2D eigenvalue weighted by Gasteiger charge is 2.30. The van der Waals surface area contributed by atoms with Gasteiger partial charge in [-0.15, -0.1) is 0 Å². The minimum absolute atomic E-state index is 0.0365. The van der Waals surface area contributed by atoms with Gasteiger partial charge in [0.25, 0.3) is 5.91 Å². The van der Waals surface area contributed by atoms with Crippen molar-refractivity contribution in [2.45, 2.75) is 25.7 Å². The minimum atomic E-state index is -1.19. The number of aromatic carboxylic acids is 1. The standard InChI is InChI=1S/C19H19N3O4/c1-2-11-6-7-14-13(10-11)12(17(23)22-14)8-9-20-18(24)15-4-3-5-16(21-15)19(25)26/h3-7,10,12H,2,8-9H2,1H3,(H,20,24)(H,22,23)(H,25,26). The molecule has 0 aliphatic carbocycles. The maximum atomic E-state index is 12.2. The summed E-state index contributed by atoms with van der Waals surface area (Å²) in [5.41, 5.74) is 2.78. The highest BCUT2D eigenvalue weighted by molar-refractivity contribution is 6.03. The normalized spacial score (nSPS) is 15.3. The second kappa shape index (κ2) is 7.35. The Morgan fingerprint density at radius 3 is 2.73 bits per heavy atom. The van der Waals surface area contributed by atoms with Gasteiger partial charge >= 0.3 is 5.97 Å². The summed E-state index contributed by atoms with van der Waals surface area (Å²) < 4.78 is 0. The number of hydrogen-bond acceptors (Lipinski definition) is 4. The van der Waals surface area contributed by atoms with E-state index in [-0.39, 0.29) is 29.8 Å². The molecule has 2 aromatic rings. The van der Waals surface area contributed by atoms with Crippen LogP contribution in [0.15, 0.2) is 36.4 Å². The number of nitrogens with one attached hydrogen (secondary N) is 2. The lowest BCUT2D eigenvalue weighted by Gasteiger charge is -2.11. The van der Waals surface area contributed by atoms with E-state index in [1.165, 1.54) is 18.2 Å². The first kappa shape index (κ1) is 17.6. The molecule has 1 aliphatic rings. The van der Waals surface area contributed by atoms with Crippen LogP contribution in [0.25, 0.3) is 0 Å². The second-order valence-corrected chi connectivity index (χ2v) is 6.07. The lowest BCUT2D eigenvalue weighted by atomic mass is 9.95. The molecule has 0 spiro atoms. The molecule has 0 bridgehead atoms. The average molecular weight is 353 g/mol. The van der Waals surface area contributed by atoms with E-state index in [0.29, 0.717) is 6.42 Å². The van der Waals surface area contributed by atoms with E-state index in [1.807, 2.05) is 18.2 Å². The number of rotatable bonds is 6. The number of carboxylic acids is 1. The van der Waals surface area contributed by atoms with Crippen LogP contribution in [0, 0.1) is 0 Å². The van der Waals surface area contributed by atoms with Crippen molar-refractivity contribution in [3.8, 4) is 0 Å². The molecule has 3 N–H and O–H groups in total. The number of carbonyl (C=O) groups excluding carboxylic acids is 2. The van der Waals surface area contributed by atoms with Crippen LogP contribution in [-0.2, 0) is 11.2 Å². The molecule has 0 saturated carbocycles. The van der Waals surface area contributed by atoms with Gasteiger partial charge in [0.2, 0.25) is 5.91 Å². The van der Waals surface area contributed by atoms with Gasteiger partial charge in [0, 0.05) is 12.2 Å². The quantitative estimate of drug-likeness (QED) is 0.738. The number of pyridine rings is 1. The van der Waals surface area contributed by atoms with Gasteiger partial charge in [-0.2, -0.15) is 0 Å². The zero-order chi connectivity index (χ0) is 18.7. The Balaban J connectivity index is 1.64. The molecule has 3 rings (SSSR count). The second-order valence-electron chi connectivity index (χ2n) is 6.07. The zero-order valence-corrected chi connectivity index (χ0v) is 14.3. The Labute approximate surface area is 150 Å². The number of fused-ring (bicyclic) bond motifs is 1. The van der Waals surface area contributed by atoms with Gasteiger partial charge in [-0.1, -0.05) is 25.1 Å². The molecule has 1 aromatic carbocycles. The van der Waals surface area contributed by atoms with Crippen molar-refractivity contribution in [2.24, 2.45) is 0 Å².